The second-order valence-corrected chi connectivity index (χ2v) is 5.37. The Morgan fingerprint density at radius 3 is 2.62 bits per heavy atom. The lowest BCUT2D eigenvalue weighted by Gasteiger charge is -2.32. The molecule has 1 saturated heterocycles. The molecule has 0 spiro atoms. The monoisotopic (exact) mass is 308 g/mol. The lowest BCUT2D eigenvalue weighted by molar-refractivity contribution is 0.142. The second kappa shape index (κ2) is 5.65. The molecular formula is C13H13FN4O2S. The zero-order valence-electron chi connectivity index (χ0n) is 11.1. The van der Waals surface area contributed by atoms with Crippen LogP contribution in [0.4, 0.5) is 14.3 Å². The molecule has 21 heavy (non-hydrogen) atoms. The topological polar surface area (TPSA) is 69.6 Å². The maximum Gasteiger partial charge on any atom is 0.407 e. The van der Waals surface area contributed by atoms with E-state index < -0.39 is 6.09 Å². The zero-order valence-corrected chi connectivity index (χ0v) is 11.9. The Labute approximate surface area is 124 Å². The van der Waals surface area contributed by atoms with Crippen LogP contribution in [0.2, 0.25) is 0 Å². The number of anilines is 1. The van der Waals surface area contributed by atoms with Gasteiger partial charge >= 0.3 is 6.09 Å². The minimum atomic E-state index is -0.904. The van der Waals surface area contributed by atoms with Crippen molar-refractivity contribution in [3.05, 3.63) is 30.1 Å². The van der Waals surface area contributed by atoms with Gasteiger partial charge in [0.15, 0.2) is 5.82 Å². The Kier molecular flexibility index (Phi) is 3.70. The van der Waals surface area contributed by atoms with Crippen LogP contribution in [-0.2, 0) is 0 Å². The Morgan fingerprint density at radius 2 is 1.95 bits per heavy atom. The molecule has 1 fully saturated rings. The first-order valence-corrected chi connectivity index (χ1v) is 7.24. The highest BCUT2D eigenvalue weighted by atomic mass is 32.1. The molecule has 1 amide bonds. The summed E-state index contributed by atoms with van der Waals surface area (Å²) in [6.07, 6.45) is -0.904. The molecule has 8 heteroatoms. The van der Waals surface area contributed by atoms with Gasteiger partial charge in [-0.2, -0.15) is 9.36 Å². The van der Waals surface area contributed by atoms with Gasteiger partial charge in [0.25, 0.3) is 0 Å². The largest absolute Gasteiger partial charge is 0.465 e. The molecular weight excluding hydrogens is 295 g/mol. The van der Waals surface area contributed by atoms with Crippen molar-refractivity contribution >= 4 is 22.8 Å². The summed E-state index contributed by atoms with van der Waals surface area (Å²) < 4.78 is 17.9. The van der Waals surface area contributed by atoms with Crippen LogP contribution >= 0.6 is 11.5 Å². The molecule has 6 nitrogen and oxygen atoms in total. The number of aromatic nitrogens is 2. The van der Waals surface area contributed by atoms with Gasteiger partial charge in [-0.15, -0.1) is 0 Å². The fourth-order valence-electron chi connectivity index (χ4n) is 2.18. The van der Waals surface area contributed by atoms with Gasteiger partial charge in [0, 0.05) is 37.7 Å². The summed E-state index contributed by atoms with van der Waals surface area (Å²) in [5.74, 6) is 0.0197. The summed E-state index contributed by atoms with van der Waals surface area (Å²) in [6.45, 7) is 2.00. The average Bonchev–Trinajstić information content (AvgIpc) is 2.97. The molecule has 3 rings (SSSR count). The molecule has 110 valence electrons. The third kappa shape index (κ3) is 2.80. The first-order valence-electron chi connectivity index (χ1n) is 6.46. The molecule has 2 aromatic rings. The van der Waals surface area contributed by atoms with Crippen molar-refractivity contribution in [1.82, 2.24) is 14.3 Å². The van der Waals surface area contributed by atoms with Gasteiger partial charge in [0.2, 0.25) is 5.13 Å². The van der Waals surface area contributed by atoms with Crippen molar-refractivity contribution in [3.63, 3.8) is 0 Å². The molecule has 2 heterocycles. The van der Waals surface area contributed by atoms with Gasteiger partial charge in [-0.3, -0.25) is 0 Å². The van der Waals surface area contributed by atoms with Crippen LogP contribution in [0.5, 0.6) is 0 Å². The maximum atomic E-state index is 13.7. The van der Waals surface area contributed by atoms with Crippen molar-refractivity contribution in [2.75, 3.05) is 31.1 Å². The third-order valence-corrected chi connectivity index (χ3v) is 4.13. The predicted octanol–water partition coefficient (Wildman–Crippen LogP) is 2.14. The van der Waals surface area contributed by atoms with E-state index in [1.807, 2.05) is 4.90 Å². The van der Waals surface area contributed by atoms with Crippen LogP contribution in [0.25, 0.3) is 11.4 Å². The van der Waals surface area contributed by atoms with Crippen LogP contribution in [0, 0.1) is 5.82 Å². The number of rotatable bonds is 2. The maximum absolute atomic E-state index is 13.7. The number of carboxylic acid groups (broad SMARTS) is 1. The SMILES string of the molecule is O=C(O)N1CCN(c2nc(-c3ccccc3F)ns2)CC1. The normalized spacial score (nSPS) is 15.3. The minimum absolute atomic E-state index is 0.349. The van der Waals surface area contributed by atoms with Crippen molar-refractivity contribution in [3.8, 4) is 11.4 Å². The summed E-state index contributed by atoms with van der Waals surface area (Å²) in [6, 6.07) is 6.38. The Hall–Kier alpha value is -2.22. The van der Waals surface area contributed by atoms with E-state index in [9.17, 15) is 9.18 Å². The molecule has 0 aliphatic carbocycles. The number of carbonyl (C=O) groups is 1. The molecule has 0 unspecified atom stereocenters. The molecule has 1 aromatic carbocycles. The highest BCUT2D eigenvalue weighted by Gasteiger charge is 2.23. The summed E-state index contributed by atoms with van der Waals surface area (Å²) >= 11 is 1.20. The summed E-state index contributed by atoms with van der Waals surface area (Å²) in [5, 5.41) is 9.61. The number of hydrogen-bond donors (Lipinski definition) is 1. The van der Waals surface area contributed by atoms with Crippen molar-refractivity contribution in [2.45, 2.75) is 0 Å². The average molecular weight is 308 g/mol. The van der Waals surface area contributed by atoms with E-state index in [4.69, 9.17) is 5.11 Å². The molecule has 0 bridgehead atoms. The van der Waals surface area contributed by atoms with Crippen LogP contribution in [0.1, 0.15) is 0 Å². The highest BCUT2D eigenvalue weighted by molar-refractivity contribution is 7.09. The molecule has 1 N–H and O–H groups in total. The second-order valence-electron chi connectivity index (χ2n) is 4.64. The number of piperazine rings is 1. The highest BCUT2D eigenvalue weighted by Crippen LogP contribution is 2.26. The number of hydrogen-bond acceptors (Lipinski definition) is 5. The molecule has 1 aliphatic heterocycles. The van der Waals surface area contributed by atoms with E-state index in [1.54, 1.807) is 18.2 Å². The smallest absolute Gasteiger partial charge is 0.407 e. The molecule has 1 aliphatic rings. The Bertz CT molecular complexity index is 655. The predicted molar refractivity (Wildman–Crippen MR) is 77.1 cm³/mol. The van der Waals surface area contributed by atoms with Crippen LogP contribution < -0.4 is 4.90 Å². The van der Waals surface area contributed by atoms with Gasteiger partial charge < -0.3 is 14.9 Å². The molecule has 1 aromatic heterocycles. The van der Waals surface area contributed by atoms with E-state index >= 15 is 0 Å². The van der Waals surface area contributed by atoms with Gasteiger partial charge in [-0.05, 0) is 12.1 Å². The first kappa shape index (κ1) is 13.7. The van der Waals surface area contributed by atoms with Gasteiger partial charge in [0.05, 0.1) is 5.56 Å². The summed E-state index contributed by atoms with van der Waals surface area (Å²) in [4.78, 5) is 18.6. The van der Waals surface area contributed by atoms with Gasteiger partial charge in [0.1, 0.15) is 5.82 Å². The minimum Gasteiger partial charge on any atom is -0.465 e. The fraction of sp³-hybridized carbons (Fsp3) is 0.308. The van der Waals surface area contributed by atoms with Crippen LogP contribution in [0.3, 0.4) is 0 Å². The Morgan fingerprint density at radius 1 is 1.24 bits per heavy atom. The van der Waals surface area contributed by atoms with E-state index in [-0.39, 0.29) is 5.82 Å². The van der Waals surface area contributed by atoms with Crippen molar-refractivity contribution < 1.29 is 14.3 Å². The van der Waals surface area contributed by atoms with E-state index in [2.05, 4.69) is 9.36 Å². The number of amides is 1. The van der Waals surface area contributed by atoms with Gasteiger partial charge in [-0.25, -0.2) is 9.18 Å². The quantitative estimate of drug-likeness (QED) is 0.920. The molecule has 0 radical (unpaired) electrons. The van der Waals surface area contributed by atoms with Crippen molar-refractivity contribution in [2.24, 2.45) is 0 Å². The number of halogens is 1. The molecule has 0 atom stereocenters. The molecule has 0 saturated carbocycles. The van der Waals surface area contributed by atoms with Crippen molar-refractivity contribution in [1.29, 1.82) is 0 Å². The summed E-state index contributed by atoms with van der Waals surface area (Å²) in [5.41, 5.74) is 0.379. The zero-order chi connectivity index (χ0) is 14.8. The lowest BCUT2D eigenvalue weighted by Crippen LogP contribution is -2.48. The lowest BCUT2D eigenvalue weighted by atomic mass is 10.2. The van der Waals surface area contributed by atoms with Crippen LogP contribution in [0.15, 0.2) is 24.3 Å². The first-order chi connectivity index (χ1) is 10.1. The van der Waals surface area contributed by atoms with E-state index in [0.717, 1.165) is 0 Å². The van der Waals surface area contributed by atoms with E-state index in [0.29, 0.717) is 42.7 Å². The van der Waals surface area contributed by atoms with E-state index in [1.165, 1.54) is 22.5 Å². The Balaban J connectivity index is 1.74. The number of benzene rings is 1. The fourth-order valence-corrected chi connectivity index (χ4v) is 2.92. The van der Waals surface area contributed by atoms with Gasteiger partial charge in [-0.1, -0.05) is 12.1 Å². The standard InChI is InChI=1S/C13H13FN4O2S/c14-10-4-2-1-3-9(10)11-15-12(21-16-11)17-5-7-18(8-6-17)13(19)20/h1-4H,5-8H2,(H,19,20). The van der Waals surface area contributed by atoms with Crippen LogP contribution in [-0.4, -0.2) is 51.6 Å². The third-order valence-electron chi connectivity index (χ3n) is 3.35. The number of nitrogens with zero attached hydrogens (tertiary/aromatic N) is 4. The summed E-state index contributed by atoms with van der Waals surface area (Å²) in [7, 11) is 0.